The minimum atomic E-state index is 0.602. The van der Waals surface area contributed by atoms with Crippen molar-refractivity contribution in [3.05, 3.63) is 11.8 Å². The summed E-state index contributed by atoms with van der Waals surface area (Å²) in [6.45, 7) is 2.20. The van der Waals surface area contributed by atoms with E-state index in [4.69, 9.17) is 5.73 Å². The molecule has 0 bridgehead atoms. The Hall–Kier alpha value is -1.03. The van der Waals surface area contributed by atoms with Gasteiger partial charge in [0.1, 0.15) is 5.82 Å². The zero-order valence-corrected chi connectivity index (χ0v) is 7.95. The smallest absolute Gasteiger partial charge is 0.121 e. The number of rotatable bonds is 1. The highest BCUT2D eigenvalue weighted by molar-refractivity contribution is 5.32. The summed E-state index contributed by atoms with van der Waals surface area (Å²) in [6, 6.07) is 2.00. The number of aromatic nitrogens is 2. The van der Waals surface area contributed by atoms with Gasteiger partial charge in [-0.25, -0.2) is 0 Å². The van der Waals surface area contributed by atoms with Crippen molar-refractivity contribution in [2.45, 2.75) is 18.8 Å². The van der Waals surface area contributed by atoms with Crippen LogP contribution in [0.2, 0.25) is 0 Å². The fourth-order valence-electron chi connectivity index (χ4n) is 1.82. The Labute approximate surface area is 78.1 Å². The lowest BCUT2D eigenvalue weighted by Crippen LogP contribution is -2.26. The van der Waals surface area contributed by atoms with Crippen LogP contribution in [0.3, 0.4) is 0 Å². The minimum absolute atomic E-state index is 0.602. The van der Waals surface area contributed by atoms with Crippen LogP contribution >= 0.6 is 0 Å². The molecular weight excluding hydrogens is 164 g/mol. The molecule has 0 aromatic carbocycles. The Kier molecular flexibility index (Phi) is 2.22. The first-order valence-electron chi connectivity index (χ1n) is 4.77. The molecule has 1 saturated heterocycles. The molecule has 72 valence electrons. The first-order chi connectivity index (χ1) is 6.27. The summed E-state index contributed by atoms with van der Waals surface area (Å²) >= 11 is 0. The molecule has 3 N–H and O–H groups in total. The van der Waals surface area contributed by atoms with E-state index in [0.29, 0.717) is 5.92 Å². The van der Waals surface area contributed by atoms with Crippen LogP contribution in [0.5, 0.6) is 0 Å². The number of aryl methyl sites for hydroxylation is 1. The van der Waals surface area contributed by atoms with Gasteiger partial charge in [0.25, 0.3) is 0 Å². The molecule has 0 radical (unpaired) electrons. The highest BCUT2D eigenvalue weighted by Crippen LogP contribution is 2.24. The first kappa shape index (κ1) is 8.56. The molecule has 4 heteroatoms. The van der Waals surface area contributed by atoms with E-state index >= 15 is 0 Å². The van der Waals surface area contributed by atoms with Crippen molar-refractivity contribution in [1.29, 1.82) is 0 Å². The lowest BCUT2D eigenvalue weighted by molar-refractivity contribution is 0.450. The van der Waals surface area contributed by atoms with Gasteiger partial charge in [0.05, 0.1) is 5.69 Å². The fraction of sp³-hybridized carbons (Fsp3) is 0.667. The lowest BCUT2D eigenvalue weighted by atomic mass is 9.95. The molecule has 0 unspecified atom stereocenters. The van der Waals surface area contributed by atoms with Crippen molar-refractivity contribution in [1.82, 2.24) is 15.1 Å². The average molecular weight is 180 g/mol. The zero-order valence-electron chi connectivity index (χ0n) is 7.95. The fourth-order valence-corrected chi connectivity index (χ4v) is 1.82. The van der Waals surface area contributed by atoms with E-state index in [1.165, 1.54) is 12.8 Å². The molecule has 2 rings (SSSR count). The number of nitrogen functional groups attached to an aromatic ring is 1. The largest absolute Gasteiger partial charge is 0.384 e. The molecule has 1 aromatic rings. The summed E-state index contributed by atoms with van der Waals surface area (Å²) in [5, 5.41) is 7.74. The summed E-state index contributed by atoms with van der Waals surface area (Å²) in [5.41, 5.74) is 6.89. The Morgan fingerprint density at radius 2 is 2.23 bits per heavy atom. The topological polar surface area (TPSA) is 55.9 Å². The van der Waals surface area contributed by atoms with Gasteiger partial charge in [-0.1, -0.05) is 0 Å². The molecule has 1 aliphatic heterocycles. The van der Waals surface area contributed by atoms with Gasteiger partial charge in [0.2, 0.25) is 0 Å². The Morgan fingerprint density at radius 3 is 2.77 bits per heavy atom. The summed E-state index contributed by atoms with van der Waals surface area (Å²) in [5.74, 6) is 1.36. The van der Waals surface area contributed by atoms with Crippen LogP contribution < -0.4 is 11.1 Å². The number of hydrogen-bond donors (Lipinski definition) is 2. The highest BCUT2D eigenvalue weighted by Gasteiger charge is 2.18. The molecule has 0 amide bonds. The number of anilines is 1. The van der Waals surface area contributed by atoms with Crippen LogP contribution in [-0.4, -0.2) is 22.9 Å². The van der Waals surface area contributed by atoms with E-state index < -0.39 is 0 Å². The second-order valence-electron chi connectivity index (χ2n) is 3.64. The number of hydrogen-bond acceptors (Lipinski definition) is 3. The van der Waals surface area contributed by atoms with Gasteiger partial charge in [-0.2, -0.15) is 5.10 Å². The third-order valence-corrected chi connectivity index (χ3v) is 2.69. The maximum atomic E-state index is 5.73. The Bertz CT molecular complexity index is 266. The number of nitrogens with zero attached hydrogens (tertiary/aromatic N) is 2. The predicted octanol–water partition coefficient (Wildman–Crippen LogP) is 0.469. The van der Waals surface area contributed by atoms with E-state index in [2.05, 4.69) is 10.4 Å². The van der Waals surface area contributed by atoms with E-state index in [-0.39, 0.29) is 0 Å². The van der Waals surface area contributed by atoms with E-state index in [1.54, 1.807) is 4.68 Å². The number of nitrogens with one attached hydrogen (secondary N) is 1. The van der Waals surface area contributed by atoms with Crippen molar-refractivity contribution in [3.8, 4) is 0 Å². The standard InChI is InChI=1S/C9H16N4/c1-13-9(10)6-8(12-13)7-2-4-11-5-3-7/h6-7,11H,2-5,10H2,1H3. The average Bonchev–Trinajstić information content (AvgIpc) is 2.49. The van der Waals surface area contributed by atoms with Crippen LogP contribution in [0.15, 0.2) is 6.07 Å². The van der Waals surface area contributed by atoms with E-state index in [1.807, 2.05) is 13.1 Å². The second kappa shape index (κ2) is 3.38. The van der Waals surface area contributed by atoms with Crippen molar-refractivity contribution in [2.24, 2.45) is 7.05 Å². The molecule has 4 nitrogen and oxygen atoms in total. The number of piperidine rings is 1. The lowest BCUT2D eigenvalue weighted by Gasteiger charge is -2.20. The molecule has 1 aromatic heterocycles. The maximum Gasteiger partial charge on any atom is 0.121 e. The third kappa shape index (κ3) is 1.67. The summed E-state index contributed by atoms with van der Waals surface area (Å²) < 4.78 is 1.75. The molecule has 13 heavy (non-hydrogen) atoms. The van der Waals surface area contributed by atoms with E-state index in [9.17, 15) is 0 Å². The van der Waals surface area contributed by atoms with Gasteiger partial charge in [-0.15, -0.1) is 0 Å². The monoisotopic (exact) mass is 180 g/mol. The first-order valence-corrected chi connectivity index (χ1v) is 4.77. The normalized spacial score (nSPS) is 19.2. The SMILES string of the molecule is Cn1nc(C2CCNCC2)cc1N. The van der Waals surface area contributed by atoms with Crippen LogP contribution in [0.4, 0.5) is 5.82 Å². The van der Waals surface area contributed by atoms with Crippen LogP contribution in [0.1, 0.15) is 24.5 Å². The van der Waals surface area contributed by atoms with Gasteiger partial charge in [0.15, 0.2) is 0 Å². The minimum Gasteiger partial charge on any atom is -0.384 e. The zero-order chi connectivity index (χ0) is 9.26. The molecule has 0 spiro atoms. The van der Waals surface area contributed by atoms with E-state index in [0.717, 1.165) is 24.6 Å². The predicted molar refractivity (Wildman–Crippen MR) is 52.5 cm³/mol. The van der Waals surface area contributed by atoms with Crippen molar-refractivity contribution >= 4 is 5.82 Å². The molecular formula is C9H16N4. The van der Waals surface area contributed by atoms with Crippen molar-refractivity contribution in [2.75, 3.05) is 18.8 Å². The van der Waals surface area contributed by atoms with Crippen molar-refractivity contribution in [3.63, 3.8) is 0 Å². The quantitative estimate of drug-likeness (QED) is 0.660. The van der Waals surface area contributed by atoms with Crippen LogP contribution in [-0.2, 0) is 7.05 Å². The highest BCUT2D eigenvalue weighted by atomic mass is 15.3. The van der Waals surface area contributed by atoms with Gasteiger partial charge in [-0.05, 0) is 25.9 Å². The molecule has 2 heterocycles. The van der Waals surface area contributed by atoms with Crippen molar-refractivity contribution < 1.29 is 0 Å². The van der Waals surface area contributed by atoms with Gasteiger partial charge in [0, 0.05) is 19.0 Å². The molecule has 0 atom stereocenters. The summed E-state index contributed by atoms with van der Waals surface area (Å²) in [4.78, 5) is 0. The second-order valence-corrected chi connectivity index (χ2v) is 3.64. The Balaban J connectivity index is 2.14. The molecule has 0 saturated carbocycles. The Morgan fingerprint density at radius 1 is 1.54 bits per heavy atom. The van der Waals surface area contributed by atoms with Crippen LogP contribution in [0.25, 0.3) is 0 Å². The summed E-state index contributed by atoms with van der Waals surface area (Å²) in [7, 11) is 1.89. The van der Waals surface area contributed by atoms with Gasteiger partial charge >= 0.3 is 0 Å². The summed E-state index contributed by atoms with van der Waals surface area (Å²) in [6.07, 6.45) is 2.35. The molecule has 1 aliphatic rings. The molecule has 0 aliphatic carbocycles. The number of nitrogens with two attached hydrogens (primary N) is 1. The van der Waals surface area contributed by atoms with Gasteiger partial charge in [-0.3, -0.25) is 4.68 Å². The van der Waals surface area contributed by atoms with Gasteiger partial charge < -0.3 is 11.1 Å². The third-order valence-electron chi connectivity index (χ3n) is 2.69. The maximum absolute atomic E-state index is 5.73. The molecule has 1 fully saturated rings. The van der Waals surface area contributed by atoms with Crippen LogP contribution in [0, 0.1) is 0 Å².